The van der Waals surface area contributed by atoms with Crippen LogP contribution in [-0.4, -0.2) is 24.2 Å². The van der Waals surface area contributed by atoms with Crippen molar-refractivity contribution in [2.45, 2.75) is 12.8 Å². The molecule has 0 fully saturated rings. The molecule has 1 aliphatic rings. The zero-order valence-electron chi connectivity index (χ0n) is 13.0. The van der Waals surface area contributed by atoms with Gasteiger partial charge in [0.25, 0.3) is 5.91 Å². The number of nitrogens with one attached hydrogen (secondary N) is 2. The van der Waals surface area contributed by atoms with Gasteiger partial charge in [-0.05, 0) is 42.8 Å². The van der Waals surface area contributed by atoms with Gasteiger partial charge in [-0.2, -0.15) is 0 Å². The third kappa shape index (κ3) is 2.99. The normalized spacial score (nSPS) is 15.4. The molecular weight excluding hydrogens is 308 g/mol. The fourth-order valence-electron chi connectivity index (χ4n) is 2.59. The van der Waals surface area contributed by atoms with Gasteiger partial charge in [0.15, 0.2) is 0 Å². The minimum atomic E-state index is -1.11. The molecule has 122 valence electrons. The SMILES string of the molecule is CCOc1ccc(NC(=O)C(=O)C2C(=O)Nc3ccccc32)cc1. The average molecular weight is 324 g/mol. The van der Waals surface area contributed by atoms with Crippen molar-refractivity contribution >= 4 is 29.0 Å². The first-order valence-electron chi connectivity index (χ1n) is 7.58. The zero-order valence-corrected chi connectivity index (χ0v) is 13.0. The van der Waals surface area contributed by atoms with Crippen molar-refractivity contribution in [2.75, 3.05) is 17.2 Å². The van der Waals surface area contributed by atoms with E-state index in [4.69, 9.17) is 4.74 Å². The lowest BCUT2D eigenvalue weighted by molar-refractivity contribution is -0.138. The first kappa shape index (κ1) is 15.7. The third-order valence-corrected chi connectivity index (χ3v) is 3.70. The number of benzene rings is 2. The molecule has 1 atom stereocenters. The molecule has 2 amide bonds. The summed E-state index contributed by atoms with van der Waals surface area (Å²) in [5.74, 6) is -2.53. The summed E-state index contributed by atoms with van der Waals surface area (Å²) in [5.41, 5.74) is 1.55. The lowest BCUT2D eigenvalue weighted by Crippen LogP contribution is -2.31. The van der Waals surface area contributed by atoms with Crippen LogP contribution in [0.25, 0.3) is 0 Å². The Morgan fingerprint density at radius 1 is 1.12 bits per heavy atom. The van der Waals surface area contributed by atoms with Crippen LogP contribution in [-0.2, 0) is 14.4 Å². The van der Waals surface area contributed by atoms with Crippen LogP contribution in [0.3, 0.4) is 0 Å². The Balaban J connectivity index is 1.73. The van der Waals surface area contributed by atoms with Crippen LogP contribution in [0, 0.1) is 0 Å². The molecule has 0 bridgehead atoms. The van der Waals surface area contributed by atoms with Gasteiger partial charge in [0.2, 0.25) is 11.7 Å². The molecule has 0 radical (unpaired) electrons. The van der Waals surface area contributed by atoms with Gasteiger partial charge in [0, 0.05) is 11.4 Å². The van der Waals surface area contributed by atoms with E-state index in [2.05, 4.69) is 10.6 Å². The van der Waals surface area contributed by atoms with Crippen molar-refractivity contribution in [1.29, 1.82) is 0 Å². The van der Waals surface area contributed by atoms with E-state index in [0.29, 0.717) is 29.3 Å². The second-order valence-electron chi connectivity index (χ2n) is 5.29. The van der Waals surface area contributed by atoms with Gasteiger partial charge >= 0.3 is 0 Å². The highest BCUT2D eigenvalue weighted by Crippen LogP contribution is 2.32. The molecule has 0 spiro atoms. The molecule has 0 aromatic heterocycles. The summed E-state index contributed by atoms with van der Waals surface area (Å²) in [5, 5.41) is 5.13. The highest BCUT2D eigenvalue weighted by atomic mass is 16.5. The lowest BCUT2D eigenvalue weighted by atomic mass is 9.95. The van der Waals surface area contributed by atoms with E-state index in [1.54, 1.807) is 48.5 Å². The molecule has 1 aliphatic heterocycles. The van der Waals surface area contributed by atoms with Gasteiger partial charge in [-0.1, -0.05) is 18.2 Å². The van der Waals surface area contributed by atoms with E-state index >= 15 is 0 Å². The molecule has 24 heavy (non-hydrogen) atoms. The number of Topliss-reactive ketones (excluding diaryl/α,β-unsaturated/α-hetero) is 1. The Bertz CT molecular complexity index is 799. The molecule has 1 unspecified atom stereocenters. The third-order valence-electron chi connectivity index (χ3n) is 3.70. The van der Waals surface area contributed by atoms with Crippen molar-refractivity contribution in [3.05, 3.63) is 54.1 Å². The Kier molecular flexibility index (Phi) is 4.29. The minimum Gasteiger partial charge on any atom is -0.494 e. The number of fused-ring (bicyclic) bond motifs is 1. The Labute approximate surface area is 138 Å². The molecule has 0 saturated carbocycles. The molecule has 2 aromatic rings. The summed E-state index contributed by atoms with van der Waals surface area (Å²) in [6.45, 7) is 2.42. The van der Waals surface area contributed by atoms with E-state index in [1.165, 1.54) is 0 Å². The molecule has 6 heteroatoms. The molecule has 3 rings (SSSR count). The van der Waals surface area contributed by atoms with Gasteiger partial charge in [0.05, 0.1) is 6.61 Å². The van der Waals surface area contributed by atoms with Gasteiger partial charge in [-0.25, -0.2) is 0 Å². The predicted molar refractivity (Wildman–Crippen MR) is 89.1 cm³/mol. The highest BCUT2D eigenvalue weighted by Gasteiger charge is 2.39. The predicted octanol–water partition coefficient (Wildman–Crippen LogP) is 2.33. The number of carbonyl (C=O) groups excluding carboxylic acids is 3. The van der Waals surface area contributed by atoms with Crippen molar-refractivity contribution in [3.63, 3.8) is 0 Å². The number of hydrogen-bond acceptors (Lipinski definition) is 4. The fourth-order valence-corrected chi connectivity index (χ4v) is 2.59. The number of carbonyl (C=O) groups is 3. The lowest BCUT2D eigenvalue weighted by Gasteiger charge is -2.09. The number of ketones is 1. The summed E-state index contributed by atoms with van der Waals surface area (Å²) in [6.07, 6.45) is 0. The van der Waals surface area contributed by atoms with Crippen LogP contribution in [0.4, 0.5) is 11.4 Å². The Hall–Kier alpha value is -3.15. The van der Waals surface area contributed by atoms with E-state index in [0.717, 1.165) is 0 Å². The van der Waals surface area contributed by atoms with Gasteiger partial charge in [-0.15, -0.1) is 0 Å². The largest absolute Gasteiger partial charge is 0.494 e. The van der Waals surface area contributed by atoms with Crippen LogP contribution < -0.4 is 15.4 Å². The second kappa shape index (κ2) is 6.54. The van der Waals surface area contributed by atoms with E-state index in [9.17, 15) is 14.4 Å². The number of ether oxygens (including phenoxy) is 1. The molecule has 2 aromatic carbocycles. The molecular formula is C18H16N2O4. The van der Waals surface area contributed by atoms with E-state index in [-0.39, 0.29) is 0 Å². The molecule has 0 aliphatic carbocycles. The maximum Gasteiger partial charge on any atom is 0.292 e. The summed E-state index contributed by atoms with van der Waals surface area (Å²) in [4.78, 5) is 36.6. The van der Waals surface area contributed by atoms with Gasteiger partial charge in [0.1, 0.15) is 11.7 Å². The van der Waals surface area contributed by atoms with Crippen LogP contribution in [0.2, 0.25) is 0 Å². The first-order chi connectivity index (χ1) is 11.6. The van der Waals surface area contributed by atoms with Crippen LogP contribution in [0.5, 0.6) is 5.75 Å². The first-order valence-corrected chi connectivity index (χ1v) is 7.58. The van der Waals surface area contributed by atoms with Crippen molar-refractivity contribution < 1.29 is 19.1 Å². The maximum atomic E-state index is 12.4. The summed E-state index contributed by atoms with van der Waals surface area (Å²) >= 11 is 0. The van der Waals surface area contributed by atoms with E-state index in [1.807, 2.05) is 6.92 Å². The number of rotatable bonds is 5. The smallest absolute Gasteiger partial charge is 0.292 e. The average Bonchev–Trinajstić information content (AvgIpc) is 2.92. The van der Waals surface area contributed by atoms with Gasteiger partial charge in [-0.3, -0.25) is 14.4 Å². The molecule has 0 saturated heterocycles. The van der Waals surface area contributed by atoms with Crippen LogP contribution in [0.15, 0.2) is 48.5 Å². The standard InChI is InChI=1S/C18H16N2O4/c1-2-24-12-9-7-11(8-10-12)19-18(23)16(21)15-13-5-3-4-6-14(13)20-17(15)22/h3-10,15H,2H2,1H3,(H,19,23)(H,20,22). The van der Waals surface area contributed by atoms with Crippen molar-refractivity contribution in [2.24, 2.45) is 0 Å². The Morgan fingerprint density at radius 2 is 1.83 bits per heavy atom. The fraction of sp³-hybridized carbons (Fsp3) is 0.167. The summed E-state index contributed by atoms with van der Waals surface area (Å²) < 4.78 is 5.32. The molecule has 2 N–H and O–H groups in total. The van der Waals surface area contributed by atoms with Crippen LogP contribution >= 0.6 is 0 Å². The number of hydrogen-bond donors (Lipinski definition) is 2. The maximum absolute atomic E-state index is 12.4. The van der Waals surface area contributed by atoms with E-state index < -0.39 is 23.5 Å². The monoisotopic (exact) mass is 324 g/mol. The topological polar surface area (TPSA) is 84.5 Å². The molecule has 1 heterocycles. The van der Waals surface area contributed by atoms with Crippen LogP contribution in [0.1, 0.15) is 18.4 Å². The number of anilines is 2. The zero-order chi connectivity index (χ0) is 17.1. The quantitative estimate of drug-likeness (QED) is 0.653. The van der Waals surface area contributed by atoms with Crippen molar-refractivity contribution in [3.8, 4) is 5.75 Å². The number of amides is 2. The summed E-state index contributed by atoms with van der Waals surface area (Å²) in [6, 6.07) is 13.5. The Morgan fingerprint density at radius 3 is 2.54 bits per heavy atom. The molecule has 6 nitrogen and oxygen atoms in total. The summed E-state index contributed by atoms with van der Waals surface area (Å²) in [7, 11) is 0. The second-order valence-corrected chi connectivity index (χ2v) is 5.29. The van der Waals surface area contributed by atoms with Crippen molar-refractivity contribution in [1.82, 2.24) is 0 Å². The van der Waals surface area contributed by atoms with Gasteiger partial charge < -0.3 is 15.4 Å². The number of para-hydroxylation sites is 1. The highest BCUT2D eigenvalue weighted by molar-refractivity contribution is 6.47. The minimum absolute atomic E-state index is 0.462.